The molecule has 0 radical (unpaired) electrons. The molecule has 1 aliphatic heterocycles. The molecule has 1 heterocycles. The highest BCUT2D eigenvalue weighted by Crippen LogP contribution is 2.30. The summed E-state index contributed by atoms with van der Waals surface area (Å²) in [6.45, 7) is 0. The second kappa shape index (κ2) is 10.3. The summed E-state index contributed by atoms with van der Waals surface area (Å²) in [6, 6.07) is 27.7. The van der Waals surface area contributed by atoms with Crippen LogP contribution in [0.5, 0.6) is 5.75 Å². The highest BCUT2D eigenvalue weighted by Gasteiger charge is 2.38. The van der Waals surface area contributed by atoms with E-state index in [9.17, 15) is 9.59 Å². The number of ether oxygens (including phenoxy) is 1. The van der Waals surface area contributed by atoms with Gasteiger partial charge >= 0.3 is 0 Å². The summed E-state index contributed by atoms with van der Waals surface area (Å²) in [5.41, 5.74) is 2.79. The zero-order valence-electron chi connectivity index (χ0n) is 18.9. The number of methoxy groups -OCH3 is 1. The predicted molar refractivity (Wildman–Crippen MR) is 129 cm³/mol. The van der Waals surface area contributed by atoms with Crippen molar-refractivity contribution < 1.29 is 14.3 Å². The van der Waals surface area contributed by atoms with Gasteiger partial charge in [-0.2, -0.15) is 0 Å². The Kier molecular flexibility index (Phi) is 7.08. The molecule has 5 heteroatoms. The van der Waals surface area contributed by atoms with E-state index in [1.807, 2.05) is 84.9 Å². The van der Waals surface area contributed by atoms with E-state index in [-0.39, 0.29) is 17.9 Å². The van der Waals surface area contributed by atoms with Gasteiger partial charge in [-0.25, -0.2) is 0 Å². The molecule has 0 aliphatic carbocycles. The van der Waals surface area contributed by atoms with Crippen LogP contribution in [-0.4, -0.2) is 24.5 Å². The molecule has 0 aromatic heterocycles. The van der Waals surface area contributed by atoms with Crippen LogP contribution in [-0.2, 0) is 16.0 Å². The van der Waals surface area contributed by atoms with Crippen molar-refractivity contribution in [2.45, 2.75) is 43.7 Å². The third-order valence-electron chi connectivity index (χ3n) is 6.34. The molecule has 1 unspecified atom stereocenters. The Hall–Kier alpha value is -3.60. The summed E-state index contributed by atoms with van der Waals surface area (Å²) < 4.78 is 5.25. The standard InChI is InChI=1S/C28H30N2O3/c1-33-24-14-12-21(13-15-24)20-28(19-17-26(32)30-28)18-16-25(31)29-27(22-8-4-2-5-9-22)23-10-6-3-7-11-23/h2-15,27H,16-20H2,1H3,(H,29,31)(H,30,32). The van der Waals surface area contributed by atoms with Crippen molar-refractivity contribution in [1.82, 2.24) is 10.6 Å². The Morgan fingerprint density at radius 3 is 2.09 bits per heavy atom. The van der Waals surface area contributed by atoms with E-state index in [4.69, 9.17) is 4.74 Å². The molecule has 0 spiro atoms. The zero-order valence-corrected chi connectivity index (χ0v) is 18.9. The van der Waals surface area contributed by atoms with Crippen molar-refractivity contribution in [2.24, 2.45) is 0 Å². The van der Waals surface area contributed by atoms with Gasteiger partial charge in [0.1, 0.15) is 5.75 Å². The molecule has 1 fully saturated rings. The normalized spacial score (nSPS) is 17.6. The largest absolute Gasteiger partial charge is 0.497 e. The van der Waals surface area contributed by atoms with Gasteiger partial charge < -0.3 is 15.4 Å². The summed E-state index contributed by atoms with van der Waals surface area (Å²) in [5, 5.41) is 6.38. The van der Waals surface area contributed by atoms with Gasteiger partial charge in [-0.15, -0.1) is 0 Å². The molecule has 3 aromatic carbocycles. The van der Waals surface area contributed by atoms with Crippen molar-refractivity contribution in [2.75, 3.05) is 7.11 Å². The van der Waals surface area contributed by atoms with Crippen molar-refractivity contribution in [1.29, 1.82) is 0 Å². The third kappa shape index (κ3) is 5.80. The maximum atomic E-state index is 13.1. The quantitative estimate of drug-likeness (QED) is 0.510. The number of hydrogen-bond donors (Lipinski definition) is 2. The minimum absolute atomic E-state index is 0.0250. The summed E-state index contributed by atoms with van der Waals surface area (Å²) in [5.74, 6) is 0.828. The van der Waals surface area contributed by atoms with Crippen molar-refractivity contribution in [3.63, 3.8) is 0 Å². The van der Waals surface area contributed by atoms with Gasteiger partial charge in [-0.1, -0.05) is 72.8 Å². The second-order valence-electron chi connectivity index (χ2n) is 8.68. The number of carbonyl (C=O) groups is 2. The topological polar surface area (TPSA) is 67.4 Å². The lowest BCUT2D eigenvalue weighted by atomic mass is 9.85. The lowest BCUT2D eigenvalue weighted by molar-refractivity contribution is -0.123. The molecule has 2 N–H and O–H groups in total. The fourth-order valence-corrected chi connectivity index (χ4v) is 4.55. The molecule has 4 rings (SSSR count). The molecule has 1 aliphatic rings. The Balaban J connectivity index is 1.45. The van der Waals surface area contributed by atoms with E-state index in [2.05, 4.69) is 10.6 Å². The van der Waals surface area contributed by atoms with Crippen LogP contribution >= 0.6 is 0 Å². The Labute approximate surface area is 195 Å². The van der Waals surface area contributed by atoms with Crippen molar-refractivity contribution >= 4 is 11.8 Å². The van der Waals surface area contributed by atoms with Crippen LogP contribution in [0.3, 0.4) is 0 Å². The molecule has 2 amide bonds. The van der Waals surface area contributed by atoms with E-state index in [1.54, 1.807) is 7.11 Å². The van der Waals surface area contributed by atoms with Crippen LogP contribution in [0.25, 0.3) is 0 Å². The number of rotatable bonds is 9. The maximum absolute atomic E-state index is 13.1. The molecule has 1 atom stereocenters. The second-order valence-corrected chi connectivity index (χ2v) is 8.68. The first kappa shape index (κ1) is 22.6. The lowest BCUT2D eigenvalue weighted by Crippen LogP contribution is -2.44. The van der Waals surface area contributed by atoms with Gasteiger partial charge in [0.05, 0.1) is 13.2 Å². The number of amides is 2. The first-order chi connectivity index (χ1) is 16.1. The van der Waals surface area contributed by atoms with Gasteiger partial charge in [-0.05, 0) is 48.1 Å². The van der Waals surface area contributed by atoms with Crippen LogP contribution < -0.4 is 15.4 Å². The Bertz CT molecular complexity index is 1030. The predicted octanol–water partition coefficient (Wildman–Crippen LogP) is 4.57. The van der Waals surface area contributed by atoms with Crippen LogP contribution in [0.15, 0.2) is 84.9 Å². The molecule has 170 valence electrons. The third-order valence-corrected chi connectivity index (χ3v) is 6.34. The van der Waals surface area contributed by atoms with E-state index in [0.29, 0.717) is 25.7 Å². The van der Waals surface area contributed by atoms with E-state index < -0.39 is 5.54 Å². The minimum Gasteiger partial charge on any atom is -0.497 e. The fourth-order valence-electron chi connectivity index (χ4n) is 4.55. The van der Waals surface area contributed by atoms with Crippen LogP contribution in [0.4, 0.5) is 0 Å². The van der Waals surface area contributed by atoms with Gasteiger partial charge in [0, 0.05) is 18.4 Å². The molecule has 3 aromatic rings. The van der Waals surface area contributed by atoms with Crippen LogP contribution in [0.1, 0.15) is 48.4 Å². The average Bonchev–Trinajstić information content (AvgIpc) is 3.23. The number of benzene rings is 3. The molecule has 1 saturated heterocycles. The number of hydrogen-bond acceptors (Lipinski definition) is 3. The fraction of sp³-hybridized carbons (Fsp3) is 0.286. The van der Waals surface area contributed by atoms with E-state index in [1.165, 1.54) is 0 Å². The SMILES string of the molecule is COc1ccc(CC2(CCC(=O)NC(c3ccccc3)c3ccccc3)CCC(=O)N2)cc1. The number of carbonyl (C=O) groups excluding carboxylic acids is 2. The monoisotopic (exact) mass is 442 g/mol. The molecule has 5 nitrogen and oxygen atoms in total. The van der Waals surface area contributed by atoms with E-state index >= 15 is 0 Å². The zero-order chi connectivity index (χ0) is 23.1. The highest BCUT2D eigenvalue weighted by molar-refractivity contribution is 5.80. The molecule has 0 bridgehead atoms. The van der Waals surface area contributed by atoms with E-state index in [0.717, 1.165) is 28.9 Å². The average molecular weight is 443 g/mol. The molecular formula is C28H30N2O3. The van der Waals surface area contributed by atoms with Crippen LogP contribution in [0.2, 0.25) is 0 Å². The highest BCUT2D eigenvalue weighted by atomic mass is 16.5. The first-order valence-corrected chi connectivity index (χ1v) is 11.4. The first-order valence-electron chi connectivity index (χ1n) is 11.4. The summed E-state index contributed by atoms with van der Waals surface area (Å²) in [4.78, 5) is 25.2. The van der Waals surface area contributed by atoms with Gasteiger partial charge in [-0.3, -0.25) is 9.59 Å². The van der Waals surface area contributed by atoms with Gasteiger partial charge in [0.25, 0.3) is 0 Å². The summed E-state index contributed by atoms with van der Waals surface area (Å²) >= 11 is 0. The Morgan fingerprint density at radius 1 is 0.970 bits per heavy atom. The maximum Gasteiger partial charge on any atom is 0.220 e. The van der Waals surface area contributed by atoms with Gasteiger partial charge in [0.2, 0.25) is 11.8 Å². The minimum atomic E-state index is -0.405. The van der Waals surface area contributed by atoms with Crippen LogP contribution in [0, 0.1) is 0 Å². The van der Waals surface area contributed by atoms with Gasteiger partial charge in [0.15, 0.2) is 0 Å². The van der Waals surface area contributed by atoms with Crippen molar-refractivity contribution in [3.8, 4) is 5.75 Å². The molecule has 33 heavy (non-hydrogen) atoms. The molecular weight excluding hydrogens is 412 g/mol. The van der Waals surface area contributed by atoms with Crippen molar-refractivity contribution in [3.05, 3.63) is 102 Å². The summed E-state index contributed by atoms with van der Waals surface area (Å²) in [6.07, 6.45) is 2.84. The summed E-state index contributed by atoms with van der Waals surface area (Å²) in [7, 11) is 1.64. The number of nitrogens with one attached hydrogen (secondary N) is 2. The molecule has 0 saturated carbocycles. The lowest BCUT2D eigenvalue weighted by Gasteiger charge is -2.30. The smallest absolute Gasteiger partial charge is 0.220 e. The Morgan fingerprint density at radius 2 is 1.58 bits per heavy atom.